The summed E-state index contributed by atoms with van der Waals surface area (Å²) in [6.07, 6.45) is 13.6. The van der Waals surface area contributed by atoms with Crippen molar-refractivity contribution in [2.24, 2.45) is 22.2 Å². The zero-order chi connectivity index (χ0) is 32.7. The molecule has 1 heterocycles. The van der Waals surface area contributed by atoms with Crippen molar-refractivity contribution in [3.8, 4) is 0 Å². The SMILES string of the molecule is CC1(C)C2=C(CCC(c3cccc(C4=NC(c5ccccc5)=CC(c5ccccc5)N4)c3)=C2)C2=CCC3C(=C21)c1ccccc1C1CCC31. The predicted molar refractivity (Wildman–Crippen MR) is 203 cm³/mol. The van der Waals surface area contributed by atoms with Crippen LogP contribution in [0.5, 0.6) is 0 Å². The summed E-state index contributed by atoms with van der Waals surface area (Å²) in [6.45, 7) is 5.00. The molecule has 0 amide bonds. The van der Waals surface area contributed by atoms with Crippen molar-refractivity contribution in [1.29, 1.82) is 0 Å². The molecule has 2 heteroatoms. The van der Waals surface area contributed by atoms with Crippen LogP contribution in [0.3, 0.4) is 0 Å². The summed E-state index contributed by atoms with van der Waals surface area (Å²) in [5.41, 5.74) is 18.4. The molecule has 0 aromatic heterocycles. The molecule has 2 nitrogen and oxygen atoms in total. The van der Waals surface area contributed by atoms with Crippen LogP contribution in [0.25, 0.3) is 16.8 Å². The summed E-state index contributed by atoms with van der Waals surface area (Å²) in [4.78, 5) is 5.21. The Balaban J connectivity index is 1.03. The zero-order valence-electron chi connectivity index (χ0n) is 28.4. The number of fused-ring (bicyclic) bond motifs is 8. The lowest BCUT2D eigenvalue weighted by Crippen LogP contribution is -2.38. The number of nitrogens with zero attached hydrogens (tertiary/aromatic N) is 1. The Kier molecular flexibility index (Phi) is 6.53. The minimum Gasteiger partial charge on any atom is -0.359 e. The number of aliphatic imine (C=N–C) groups is 1. The highest BCUT2D eigenvalue weighted by molar-refractivity contribution is 6.04. The Labute approximate surface area is 290 Å². The van der Waals surface area contributed by atoms with Gasteiger partial charge in [0.1, 0.15) is 5.84 Å². The highest BCUT2D eigenvalue weighted by Crippen LogP contribution is 2.65. The van der Waals surface area contributed by atoms with Crippen LogP contribution in [0.1, 0.15) is 91.3 Å². The number of amidine groups is 1. The topological polar surface area (TPSA) is 24.4 Å². The average molecular weight is 635 g/mol. The monoisotopic (exact) mass is 634 g/mol. The van der Waals surface area contributed by atoms with Gasteiger partial charge in [0.25, 0.3) is 0 Å². The van der Waals surface area contributed by atoms with Crippen molar-refractivity contribution in [3.63, 3.8) is 0 Å². The van der Waals surface area contributed by atoms with Crippen molar-refractivity contribution < 1.29 is 0 Å². The molecular weight excluding hydrogens is 593 g/mol. The van der Waals surface area contributed by atoms with E-state index < -0.39 is 0 Å². The number of rotatable bonds is 4. The standard InChI is InChI=1S/C47H42N2/c1-47(2)41-27-32(20-21-37(41)40-25-24-39-36-23-22-35(36)34-18-9-10-19-38(34)44(39)45(40)47)31-16-11-17-33(26-31)46-48-42(29-12-5-3-6-13-29)28-43(49-46)30-14-7-4-8-15-30/h3-19,25-28,35-36,39,42H,20-24H2,1-2H3,(H,48,49). The van der Waals surface area contributed by atoms with Gasteiger partial charge in [-0.3, -0.25) is 0 Å². The Morgan fingerprint density at radius 2 is 1.49 bits per heavy atom. The van der Waals surface area contributed by atoms with E-state index in [1.807, 2.05) is 0 Å². The third-order valence-corrected chi connectivity index (χ3v) is 12.5. The molecule has 49 heavy (non-hydrogen) atoms. The summed E-state index contributed by atoms with van der Waals surface area (Å²) < 4.78 is 0. The molecule has 4 unspecified atom stereocenters. The fourth-order valence-electron chi connectivity index (χ4n) is 10.0. The minimum absolute atomic E-state index is 0.0184. The van der Waals surface area contributed by atoms with E-state index in [4.69, 9.17) is 4.99 Å². The molecule has 240 valence electrons. The summed E-state index contributed by atoms with van der Waals surface area (Å²) >= 11 is 0. The number of allylic oxidation sites excluding steroid dienone is 8. The molecule has 4 aromatic rings. The Bertz CT molecular complexity index is 2200. The van der Waals surface area contributed by atoms with Crippen LogP contribution in [0, 0.1) is 17.3 Å². The molecule has 4 atom stereocenters. The van der Waals surface area contributed by atoms with E-state index in [0.29, 0.717) is 5.92 Å². The van der Waals surface area contributed by atoms with Crippen LogP contribution in [0.15, 0.2) is 155 Å². The van der Waals surface area contributed by atoms with Gasteiger partial charge in [-0.1, -0.05) is 129 Å². The first kappa shape index (κ1) is 29.0. The third-order valence-electron chi connectivity index (χ3n) is 12.5. The van der Waals surface area contributed by atoms with Gasteiger partial charge in [-0.05, 0) is 123 Å². The van der Waals surface area contributed by atoms with E-state index in [-0.39, 0.29) is 11.5 Å². The van der Waals surface area contributed by atoms with Crippen LogP contribution < -0.4 is 5.32 Å². The van der Waals surface area contributed by atoms with E-state index in [1.54, 1.807) is 33.4 Å². The minimum atomic E-state index is -0.0184. The second-order valence-electron chi connectivity index (χ2n) is 15.4. The number of benzene rings is 4. The summed E-state index contributed by atoms with van der Waals surface area (Å²) in [5.74, 6) is 3.17. The van der Waals surface area contributed by atoms with Crippen LogP contribution in [0.4, 0.5) is 0 Å². The lowest BCUT2D eigenvalue weighted by molar-refractivity contribution is 0.188. The first-order chi connectivity index (χ1) is 24.0. The lowest BCUT2D eigenvalue weighted by atomic mass is 9.53. The van der Waals surface area contributed by atoms with Crippen molar-refractivity contribution in [3.05, 3.63) is 183 Å². The second kappa shape index (κ2) is 11.0. The molecule has 0 bridgehead atoms. The fourth-order valence-corrected chi connectivity index (χ4v) is 10.0. The van der Waals surface area contributed by atoms with Gasteiger partial charge in [-0.2, -0.15) is 0 Å². The second-order valence-corrected chi connectivity index (χ2v) is 15.4. The quantitative estimate of drug-likeness (QED) is 0.237. The van der Waals surface area contributed by atoms with Gasteiger partial charge in [0.05, 0.1) is 11.7 Å². The van der Waals surface area contributed by atoms with E-state index in [1.165, 1.54) is 41.5 Å². The van der Waals surface area contributed by atoms with Gasteiger partial charge in [-0.15, -0.1) is 0 Å². The van der Waals surface area contributed by atoms with Crippen molar-refractivity contribution >= 4 is 22.7 Å². The maximum absolute atomic E-state index is 5.21. The molecule has 1 saturated carbocycles. The molecule has 5 aliphatic carbocycles. The van der Waals surface area contributed by atoms with Gasteiger partial charge in [0, 0.05) is 11.0 Å². The Hall–Kier alpha value is -4.95. The van der Waals surface area contributed by atoms with Gasteiger partial charge in [-0.25, -0.2) is 4.99 Å². The van der Waals surface area contributed by atoms with Gasteiger partial charge in [0.2, 0.25) is 0 Å². The molecule has 1 fully saturated rings. The predicted octanol–water partition coefficient (Wildman–Crippen LogP) is 11.2. The third kappa shape index (κ3) is 4.49. The summed E-state index contributed by atoms with van der Waals surface area (Å²) in [5, 5.41) is 3.78. The van der Waals surface area contributed by atoms with Crippen LogP contribution in [-0.2, 0) is 0 Å². The number of nitrogens with one attached hydrogen (secondary N) is 1. The molecule has 0 spiro atoms. The van der Waals surface area contributed by atoms with Crippen molar-refractivity contribution in [2.75, 3.05) is 0 Å². The van der Waals surface area contributed by atoms with Crippen LogP contribution in [0.2, 0.25) is 0 Å². The largest absolute Gasteiger partial charge is 0.359 e. The zero-order valence-corrected chi connectivity index (χ0v) is 28.4. The van der Waals surface area contributed by atoms with Crippen molar-refractivity contribution in [1.82, 2.24) is 5.32 Å². The van der Waals surface area contributed by atoms with Crippen LogP contribution in [-0.4, -0.2) is 5.84 Å². The normalized spacial score (nSPS) is 26.0. The van der Waals surface area contributed by atoms with E-state index in [0.717, 1.165) is 47.3 Å². The van der Waals surface area contributed by atoms with E-state index >= 15 is 0 Å². The van der Waals surface area contributed by atoms with Crippen molar-refractivity contribution in [2.45, 2.75) is 57.9 Å². The number of hydrogen-bond acceptors (Lipinski definition) is 2. The van der Waals surface area contributed by atoms with Gasteiger partial charge >= 0.3 is 0 Å². The smallest absolute Gasteiger partial charge is 0.134 e. The molecule has 4 aromatic carbocycles. The fraction of sp³-hybridized carbons (Fsp3) is 0.255. The first-order valence-corrected chi connectivity index (χ1v) is 18.3. The molecular formula is C47H42N2. The molecule has 10 rings (SSSR count). The molecule has 0 saturated heterocycles. The first-order valence-electron chi connectivity index (χ1n) is 18.3. The molecule has 1 aliphatic heterocycles. The molecule has 0 radical (unpaired) electrons. The lowest BCUT2D eigenvalue weighted by Gasteiger charge is -2.50. The Morgan fingerprint density at radius 1 is 0.735 bits per heavy atom. The molecule has 6 aliphatic rings. The van der Waals surface area contributed by atoms with Gasteiger partial charge in [0.15, 0.2) is 0 Å². The maximum atomic E-state index is 5.21. The van der Waals surface area contributed by atoms with E-state index in [9.17, 15) is 0 Å². The summed E-state index contributed by atoms with van der Waals surface area (Å²) in [6, 6.07) is 39.8. The molecule has 1 N–H and O–H groups in total. The Morgan fingerprint density at radius 3 is 2.31 bits per heavy atom. The maximum Gasteiger partial charge on any atom is 0.134 e. The highest BCUT2D eigenvalue weighted by atomic mass is 15.0. The van der Waals surface area contributed by atoms with Gasteiger partial charge < -0.3 is 5.32 Å². The van der Waals surface area contributed by atoms with E-state index in [2.05, 4.69) is 147 Å². The highest BCUT2D eigenvalue weighted by Gasteiger charge is 2.51. The summed E-state index contributed by atoms with van der Waals surface area (Å²) in [7, 11) is 0. The number of hydrogen-bond donors (Lipinski definition) is 1. The average Bonchev–Trinajstić information content (AvgIpc) is 3.37. The van der Waals surface area contributed by atoms with Crippen LogP contribution >= 0.6 is 0 Å².